The largest absolute Gasteiger partial charge is 0.493 e. The first-order valence-electron chi connectivity index (χ1n) is 14.7. The Labute approximate surface area is 221 Å². The number of benzene rings is 2. The zero-order valence-corrected chi connectivity index (χ0v) is 23.8. The summed E-state index contributed by atoms with van der Waals surface area (Å²) in [6, 6.07) is 13.7. The second-order valence-corrected chi connectivity index (χ2v) is 10.3. The molecule has 1 aliphatic rings. The van der Waals surface area contributed by atoms with Crippen LogP contribution in [0.15, 0.2) is 47.5 Å². The van der Waals surface area contributed by atoms with Gasteiger partial charge in [0.15, 0.2) is 0 Å². The van der Waals surface area contributed by atoms with Crippen LogP contribution in [0, 0.1) is 0 Å². The first-order valence-corrected chi connectivity index (χ1v) is 14.7. The van der Waals surface area contributed by atoms with E-state index in [0.717, 1.165) is 73.9 Å². The molecule has 0 aliphatic carbocycles. The molecular formula is C34H48N2. The molecule has 194 valence electrons. The van der Waals surface area contributed by atoms with Crippen LogP contribution in [0.2, 0.25) is 0 Å². The maximum absolute atomic E-state index is 11.9. The maximum Gasteiger partial charge on any atom is 0.211 e. The summed E-state index contributed by atoms with van der Waals surface area (Å²) in [5, 5.41) is 0. The highest BCUT2D eigenvalue weighted by Gasteiger charge is 2.35. The fourth-order valence-corrected chi connectivity index (χ4v) is 5.76. The summed E-state index contributed by atoms with van der Waals surface area (Å²) in [7, 11) is 0. The van der Waals surface area contributed by atoms with Crippen molar-refractivity contribution < 1.29 is 4.70 Å². The van der Waals surface area contributed by atoms with Gasteiger partial charge in [-0.05, 0) is 97.9 Å². The average Bonchev–Trinajstić information content (AvgIpc) is 3.19. The van der Waals surface area contributed by atoms with Crippen LogP contribution in [-0.4, -0.2) is 4.70 Å². The molecule has 0 bridgehead atoms. The van der Waals surface area contributed by atoms with Crippen LogP contribution in [0.25, 0.3) is 16.9 Å². The smallest absolute Gasteiger partial charge is 0.211 e. The van der Waals surface area contributed by atoms with Gasteiger partial charge in [0.05, 0.1) is 0 Å². The summed E-state index contributed by atoms with van der Waals surface area (Å²) in [4.78, 5) is 0. The van der Waals surface area contributed by atoms with Crippen molar-refractivity contribution in [1.82, 2.24) is 0 Å². The minimum Gasteiger partial charge on any atom is -0.493 e. The molecule has 2 aromatic carbocycles. The summed E-state index contributed by atoms with van der Waals surface area (Å²) in [6.07, 6.45) is 13.4. The van der Waals surface area contributed by atoms with Gasteiger partial charge in [0.25, 0.3) is 0 Å². The quantitative estimate of drug-likeness (QED) is 0.188. The van der Waals surface area contributed by atoms with E-state index in [1.165, 1.54) is 59.1 Å². The van der Waals surface area contributed by atoms with Crippen molar-refractivity contribution in [2.75, 3.05) is 0 Å². The normalized spacial score (nSPS) is 13.9. The Balaban J connectivity index is 2.18. The number of rotatable bonds is 14. The van der Waals surface area contributed by atoms with Gasteiger partial charge < -0.3 is 5.53 Å². The van der Waals surface area contributed by atoms with E-state index in [9.17, 15) is 5.53 Å². The minimum atomic E-state index is 1.01. The van der Waals surface area contributed by atoms with Crippen LogP contribution >= 0.6 is 0 Å². The molecule has 1 heterocycles. The summed E-state index contributed by atoms with van der Waals surface area (Å²) in [5.74, 6) is 0. The molecule has 2 aromatic rings. The molecule has 0 amide bonds. The van der Waals surface area contributed by atoms with Gasteiger partial charge in [0.1, 0.15) is 0 Å². The van der Waals surface area contributed by atoms with E-state index in [1.807, 2.05) is 0 Å². The van der Waals surface area contributed by atoms with Crippen molar-refractivity contribution in [2.45, 2.75) is 119 Å². The van der Waals surface area contributed by atoms with Crippen LogP contribution in [0.3, 0.4) is 0 Å². The highest BCUT2D eigenvalue weighted by molar-refractivity contribution is 5.82. The lowest BCUT2D eigenvalue weighted by atomic mass is 9.90. The molecule has 0 fully saturated rings. The lowest BCUT2D eigenvalue weighted by Gasteiger charge is -2.14. The van der Waals surface area contributed by atoms with Gasteiger partial charge in [0, 0.05) is 22.3 Å². The van der Waals surface area contributed by atoms with Gasteiger partial charge in [-0.2, -0.15) is 0 Å². The molecule has 0 atom stereocenters. The van der Waals surface area contributed by atoms with Crippen LogP contribution < -0.4 is 0 Å². The van der Waals surface area contributed by atoms with E-state index < -0.39 is 0 Å². The highest BCUT2D eigenvalue weighted by Crippen LogP contribution is 2.45. The van der Waals surface area contributed by atoms with E-state index in [1.54, 1.807) is 4.70 Å². The zero-order valence-electron chi connectivity index (χ0n) is 23.8. The summed E-state index contributed by atoms with van der Waals surface area (Å²) >= 11 is 0. The minimum absolute atomic E-state index is 1.01. The van der Waals surface area contributed by atoms with Gasteiger partial charge in [-0.15, -0.1) is 0 Å². The lowest BCUT2D eigenvalue weighted by molar-refractivity contribution is -0.345. The second-order valence-electron chi connectivity index (χ2n) is 10.3. The van der Waals surface area contributed by atoms with Gasteiger partial charge in [0.2, 0.25) is 11.4 Å². The van der Waals surface area contributed by atoms with Crippen molar-refractivity contribution in [3.05, 3.63) is 86.5 Å². The third kappa shape index (κ3) is 6.07. The maximum atomic E-state index is 11.9. The van der Waals surface area contributed by atoms with Gasteiger partial charge in [-0.25, -0.2) is 4.70 Å². The fourth-order valence-electron chi connectivity index (χ4n) is 5.76. The van der Waals surface area contributed by atoms with E-state index in [4.69, 9.17) is 0 Å². The van der Waals surface area contributed by atoms with Crippen LogP contribution in [0.1, 0.15) is 126 Å². The molecule has 3 rings (SSSR count). The third-order valence-corrected chi connectivity index (χ3v) is 7.90. The van der Waals surface area contributed by atoms with Crippen molar-refractivity contribution in [2.24, 2.45) is 0 Å². The Morgan fingerprint density at radius 1 is 0.528 bits per heavy atom. The van der Waals surface area contributed by atoms with Crippen LogP contribution in [-0.2, 0) is 25.7 Å². The topological polar surface area (TPSA) is 25.3 Å². The van der Waals surface area contributed by atoms with Crippen molar-refractivity contribution in [3.63, 3.8) is 0 Å². The second kappa shape index (κ2) is 13.7. The van der Waals surface area contributed by atoms with Crippen LogP contribution in [0.4, 0.5) is 0 Å². The number of unbranched alkanes of at least 4 members (excludes halogenated alkanes) is 4. The fraction of sp³-hybridized carbons (Fsp3) is 0.529. The molecule has 0 N–H and O–H groups in total. The van der Waals surface area contributed by atoms with Crippen molar-refractivity contribution in [3.8, 4) is 0 Å². The van der Waals surface area contributed by atoms with E-state index in [-0.39, 0.29) is 0 Å². The number of aryl methyl sites for hydroxylation is 4. The first-order chi connectivity index (χ1) is 17.5. The summed E-state index contributed by atoms with van der Waals surface area (Å²) in [5.41, 5.74) is 24.6. The molecule has 0 spiro atoms. The molecule has 0 radical (unpaired) electrons. The Morgan fingerprint density at radius 3 is 1.39 bits per heavy atom. The van der Waals surface area contributed by atoms with E-state index in [2.05, 4.69) is 77.9 Å². The molecule has 0 aromatic heterocycles. The molecule has 0 saturated heterocycles. The molecule has 1 aliphatic heterocycles. The number of nitrogens with zero attached hydrogens (tertiary/aromatic N) is 2. The van der Waals surface area contributed by atoms with Crippen LogP contribution in [0.5, 0.6) is 0 Å². The van der Waals surface area contributed by atoms with Gasteiger partial charge in [-0.1, -0.05) is 79.4 Å². The molecule has 36 heavy (non-hydrogen) atoms. The van der Waals surface area contributed by atoms with E-state index in [0.29, 0.717) is 0 Å². The van der Waals surface area contributed by atoms with Crippen molar-refractivity contribution in [1.29, 1.82) is 0 Å². The van der Waals surface area contributed by atoms with E-state index >= 15 is 0 Å². The summed E-state index contributed by atoms with van der Waals surface area (Å²) < 4.78 is 1.56. The predicted molar refractivity (Wildman–Crippen MR) is 156 cm³/mol. The highest BCUT2D eigenvalue weighted by atomic mass is 15.2. The Kier molecular flexibility index (Phi) is 10.7. The SMILES string of the molecule is CCCCCCC1=C(c2ccc(CC)c(CC)c2)[N+](=[N-])C(c2ccc(CC)c(CC)c2)=C1CCCC. The Hall–Kier alpha value is -2.48. The number of allylic oxidation sites excluding steroid dienone is 2. The standard InChI is InChI=1S/C34H48N2/c1-7-13-15-16-18-32-31(17-14-8-2)33(29-21-19-25(9-3)27(11-5)23-29)36(35)34(32)30-22-20-26(10-4)28(12-6)24-30/h19-24H,7-18H2,1-6H3. The molecule has 2 heteroatoms. The monoisotopic (exact) mass is 484 g/mol. The summed E-state index contributed by atoms with van der Waals surface area (Å²) in [6.45, 7) is 13.5. The predicted octanol–water partition coefficient (Wildman–Crippen LogP) is 10.3. The first kappa shape index (κ1) is 28.1. The Bertz CT molecular complexity index is 1120. The molecular weight excluding hydrogens is 436 g/mol. The third-order valence-electron chi connectivity index (χ3n) is 7.90. The number of hydrogen-bond acceptors (Lipinski definition) is 0. The lowest BCUT2D eigenvalue weighted by Crippen LogP contribution is -2.05. The van der Waals surface area contributed by atoms with Gasteiger partial charge in [-0.3, -0.25) is 0 Å². The molecule has 2 nitrogen and oxygen atoms in total. The number of hydrogen-bond donors (Lipinski definition) is 0. The molecule has 0 unspecified atom stereocenters. The average molecular weight is 485 g/mol. The molecule has 0 saturated carbocycles. The van der Waals surface area contributed by atoms with Gasteiger partial charge >= 0.3 is 0 Å². The Morgan fingerprint density at radius 2 is 0.972 bits per heavy atom. The zero-order chi connectivity index (χ0) is 26.1. The van der Waals surface area contributed by atoms with Crippen molar-refractivity contribution >= 4 is 11.4 Å².